The van der Waals surface area contributed by atoms with Gasteiger partial charge in [-0.05, 0) is 82.8 Å². The summed E-state index contributed by atoms with van der Waals surface area (Å²) in [6.45, 7) is 4.65. The average Bonchev–Trinajstić information content (AvgIpc) is 3.23. The molecule has 4 atom stereocenters. The van der Waals surface area contributed by atoms with E-state index in [1.165, 1.54) is 12.1 Å². The molecular formula is C28H36F3N3O3S. The molecule has 0 spiro atoms. The van der Waals surface area contributed by atoms with Crippen LogP contribution in [0.15, 0.2) is 59.5 Å². The molecule has 2 aromatic rings. The van der Waals surface area contributed by atoms with Crippen molar-refractivity contribution in [2.45, 2.75) is 74.8 Å². The number of sulfone groups is 1. The smallest absolute Gasteiger partial charge is 0.374 e. The van der Waals surface area contributed by atoms with Crippen molar-refractivity contribution >= 4 is 21.4 Å². The maximum absolute atomic E-state index is 13.5. The maximum Gasteiger partial charge on any atom is 0.416 e. The number of likely N-dealkylation sites (tertiary alicyclic amines) is 1. The Morgan fingerprint density at radius 1 is 1.05 bits per heavy atom. The lowest BCUT2D eigenvalue weighted by Crippen LogP contribution is -2.52. The molecule has 1 aliphatic carbocycles. The molecule has 1 aliphatic heterocycles. The highest BCUT2D eigenvalue weighted by Crippen LogP contribution is 2.36. The SMILES string of the molecule is CC(C)N(C)C1CCC(N2CCC(Nc3cccc(C(F)(F)F)c3)C2=O)C(CS(=O)(=O)c2ccccc2)C1. The van der Waals surface area contributed by atoms with E-state index in [1.54, 1.807) is 35.2 Å². The summed E-state index contributed by atoms with van der Waals surface area (Å²) in [7, 11) is -1.52. The van der Waals surface area contributed by atoms with Gasteiger partial charge in [0.25, 0.3) is 0 Å². The highest BCUT2D eigenvalue weighted by molar-refractivity contribution is 7.91. The Balaban J connectivity index is 1.53. The van der Waals surface area contributed by atoms with E-state index in [-0.39, 0.29) is 40.2 Å². The topological polar surface area (TPSA) is 69.7 Å². The van der Waals surface area contributed by atoms with Crippen molar-refractivity contribution in [3.05, 3.63) is 60.2 Å². The third kappa shape index (κ3) is 6.34. The van der Waals surface area contributed by atoms with Crippen molar-refractivity contribution in [2.24, 2.45) is 5.92 Å². The number of benzene rings is 2. The van der Waals surface area contributed by atoms with Gasteiger partial charge in [-0.3, -0.25) is 4.79 Å². The van der Waals surface area contributed by atoms with E-state index >= 15 is 0 Å². The molecule has 1 heterocycles. The second-order valence-corrected chi connectivity index (χ2v) is 12.8. The van der Waals surface area contributed by atoms with Crippen LogP contribution in [0.5, 0.6) is 0 Å². The number of hydrogen-bond donors (Lipinski definition) is 1. The molecule has 4 unspecified atom stereocenters. The Hall–Kier alpha value is -2.59. The first-order valence-corrected chi connectivity index (χ1v) is 14.8. The standard InChI is InChI=1S/C28H36F3N3O3S/c1-19(2)33(3)23-12-13-26(20(16-23)18-38(36,37)24-10-5-4-6-11-24)34-15-14-25(27(34)35)32-22-9-7-8-21(17-22)28(29,30)31/h4-11,17,19-20,23,25-26,32H,12-16,18H2,1-3H3. The minimum absolute atomic E-state index is 0.0559. The monoisotopic (exact) mass is 551 g/mol. The van der Waals surface area contributed by atoms with E-state index < -0.39 is 27.6 Å². The maximum atomic E-state index is 13.5. The number of nitrogens with one attached hydrogen (secondary N) is 1. The van der Waals surface area contributed by atoms with Gasteiger partial charge in [0.15, 0.2) is 9.84 Å². The number of carbonyl (C=O) groups excluding carboxylic acids is 1. The van der Waals surface area contributed by atoms with Gasteiger partial charge in [-0.1, -0.05) is 24.3 Å². The van der Waals surface area contributed by atoms with E-state index in [4.69, 9.17) is 0 Å². The van der Waals surface area contributed by atoms with E-state index in [0.29, 0.717) is 31.8 Å². The highest BCUT2D eigenvalue weighted by atomic mass is 32.2. The van der Waals surface area contributed by atoms with Crippen molar-refractivity contribution in [2.75, 3.05) is 24.7 Å². The zero-order valence-electron chi connectivity index (χ0n) is 22.0. The van der Waals surface area contributed by atoms with Crippen molar-refractivity contribution in [3.63, 3.8) is 0 Å². The Bertz CT molecular complexity index is 1220. The number of anilines is 1. The van der Waals surface area contributed by atoms with Gasteiger partial charge >= 0.3 is 6.18 Å². The van der Waals surface area contributed by atoms with Gasteiger partial charge in [0.2, 0.25) is 5.91 Å². The minimum atomic E-state index is -4.47. The zero-order valence-corrected chi connectivity index (χ0v) is 22.8. The fourth-order valence-corrected chi connectivity index (χ4v) is 7.45. The van der Waals surface area contributed by atoms with Crippen LogP contribution < -0.4 is 5.32 Å². The fraction of sp³-hybridized carbons (Fsp3) is 0.536. The molecule has 2 aromatic carbocycles. The molecule has 208 valence electrons. The summed E-state index contributed by atoms with van der Waals surface area (Å²) in [5.74, 6) is -0.499. The van der Waals surface area contributed by atoms with Gasteiger partial charge in [0, 0.05) is 30.4 Å². The van der Waals surface area contributed by atoms with Crippen LogP contribution in [-0.2, 0) is 20.8 Å². The van der Waals surface area contributed by atoms with Gasteiger partial charge < -0.3 is 15.1 Å². The molecule has 6 nitrogen and oxygen atoms in total. The molecule has 38 heavy (non-hydrogen) atoms. The number of alkyl halides is 3. The summed E-state index contributed by atoms with van der Waals surface area (Å²) < 4.78 is 66.1. The minimum Gasteiger partial charge on any atom is -0.374 e. The summed E-state index contributed by atoms with van der Waals surface area (Å²) in [6.07, 6.45) is -1.85. The van der Waals surface area contributed by atoms with Crippen LogP contribution in [0.2, 0.25) is 0 Å². The van der Waals surface area contributed by atoms with Crippen LogP contribution in [-0.4, -0.2) is 67.6 Å². The Morgan fingerprint density at radius 2 is 1.76 bits per heavy atom. The van der Waals surface area contributed by atoms with Crippen LogP contribution in [0.4, 0.5) is 18.9 Å². The van der Waals surface area contributed by atoms with E-state index in [1.807, 2.05) is 0 Å². The average molecular weight is 552 g/mol. The van der Waals surface area contributed by atoms with Crippen LogP contribution in [0.3, 0.4) is 0 Å². The first kappa shape index (κ1) is 28.4. The number of amides is 1. The van der Waals surface area contributed by atoms with Crippen LogP contribution >= 0.6 is 0 Å². The predicted molar refractivity (Wildman–Crippen MR) is 141 cm³/mol. The van der Waals surface area contributed by atoms with Crippen LogP contribution in [0.25, 0.3) is 0 Å². The molecule has 10 heteroatoms. The van der Waals surface area contributed by atoms with E-state index in [9.17, 15) is 26.4 Å². The predicted octanol–water partition coefficient (Wildman–Crippen LogP) is 5.07. The van der Waals surface area contributed by atoms with Crippen LogP contribution in [0.1, 0.15) is 45.1 Å². The lowest BCUT2D eigenvalue weighted by atomic mass is 9.81. The Kier molecular flexibility index (Phi) is 8.42. The van der Waals surface area contributed by atoms with Crippen molar-refractivity contribution in [1.82, 2.24) is 9.80 Å². The molecule has 0 aromatic heterocycles. The van der Waals surface area contributed by atoms with E-state index in [2.05, 4.69) is 31.1 Å². The third-order valence-electron chi connectivity index (χ3n) is 8.01. The molecule has 1 N–H and O–H groups in total. The number of halogens is 3. The summed E-state index contributed by atoms with van der Waals surface area (Å²) in [5.41, 5.74) is -0.533. The molecule has 1 saturated heterocycles. The number of hydrogen-bond acceptors (Lipinski definition) is 5. The third-order valence-corrected chi connectivity index (χ3v) is 9.87. The molecular weight excluding hydrogens is 515 g/mol. The lowest BCUT2D eigenvalue weighted by Gasteiger charge is -2.44. The quantitative estimate of drug-likeness (QED) is 0.496. The first-order chi connectivity index (χ1) is 17.9. The van der Waals surface area contributed by atoms with Crippen molar-refractivity contribution < 1.29 is 26.4 Å². The lowest BCUT2D eigenvalue weighted by molar-refractivity contribution is -0.137. The Morgan fingerprint density at radius 3 is 2.42 bits per heavy atom. The van der Waals surface area contributed by atoms with Crippen molar-refractivity contribution in [1.29, 1.82) is 0 Å². The molecule has 1 saturated carbocycles. The second kappa shape index (κ2) is 11.3. The van der Waals surface area contributed by atoms with Crippen LogP contribution in [0, 0.1) is 5.92 Å². The molecule has 1 amide bonds. The molecule has 0 bridgehead atoms. The summed E-state index contributed by atoms with van der Waals surface area (Å²) in [6, 6.07) is 12.8. The molecule has 2 fully saturated rings. The van der Waals surface area contributed by atoms with Gasteiger partial charge in [0.05, 0.1) is 16.2 Å². The fourth-order valence-electron chi connectivity index (χ4n) is 5.76. The number of nitrogens with zero attached hydrogens (tertiary/aromatic N) is 2. The number of carbonyl (C=O) groups is 1. The van der Waals surface area contributed by atoms with Gasteiger partial charge in [0.1, 0.15) is 6.04 Å². The number of rotatable bonds is 8. The summed E-state index contributed by atoms with van der Waals surface area (Å²) in [5, 5.41) is 2.99. The molecule has 0 radical (unpaired) electrons. The van der Waals surface area contributed by atoms with Gasteiger partial charge in [-0.25, -0.2) is 8.42 Å². The molecule has 4 rings (SSSR count). The highest BCUT2D eigenvalue weighted by Gasteiger charge is 2.44. The largest absolute Gasteiger partial charge is 0.416 e. The zero-order chi connectivity index (χ0) is 27.7. The van der Waals surface area contributed by atoms with Gasteiger partial charge in [-0.15, -0.1) is 0 Å². The first-order valence-electron chi connectivity index (χ1n) is 13.1. The van der Waals surface area contributed by atoms with E-state index in [0.717, 1.165) is 18.6 Å². The normalized spacial score (nSPS) is 24.8. The summed E-state index contributed by atoms with van der Waals surface area (Å²) in [4.78, 5) is 17.8. The second-order valence-electron chi connectivity index (χ2n) is 10.7. The van der Waals surface area contributed by atoms with Gasteiger partial charge in [-0.2, -0.15) is 13.2 Å². The van der Waals surface area contributed by atoms with Crippen molar-refractivity contribution in [3.8, 4) is 0 Å². The molecule has 2 aliphatic rings. The Labute approximate surface area is 223 Å². The summed E-state index contributed by atoms with van der Waals surface area (Å²) >= 11 is 0.